The minimum atomic E-state index is -0.891. The topological polar surface area (TPSA) is 49.3 Å². The second-order valence-corrected chi connectivity index (χ2v) is 3.76. The van der Waals surface area contributed by atoms with Crippen molar-refractivity contribution in [2.45, 2.75) is 0 Å². The molecule has 3 nitrogen and oxygen atoms in total. The monoisotopic (exact) mass is 211 g/mol. The number of anilines is 1. The largest absolute Gasteiger partial charge is 0.478 e. The lowest BCUT2D eigenvalue weighted by molar-refractivity contribution is 0.0698. The van der Waals surface area contributed by atoms with Gasteiger partial charge in [-0.1, -0.05) is 12.1 Å². The Morgan fingerprint density at radius 1 is 1.50 bits per heavy atom. The van der Waals surface area contributed by atoms with E-state index in [-0.39, 0.29) is 0 Å². The van der Waals surface area contributed by atoms with Crippen molar-refractivity contribution in [3.8, 4) is 0 Å². The molecular formula is C10H13NO2S. The van der Waals surface area contributed by atoms with Crippen molar-refractivity contribution < 1.29 is 9.90 Å². The van der Waals surface area contributed by atoms with Crippen LogP contribution in [-0.4, -0.2) is 29.6 Å². The van der Waals surface area contributed by atoms with Crippen LogP contribution in [0, 0.1) is 0 Å². The molecule has 0 aliphatic carbocycles. The predicted octanol–water partition coefficient (Wildman–Crippen LogP) is 2.16. The Morgan fingerprint density at radius 2 is 2.21 bits per heavy atom. The fourth-order valence-corrected chi connectivity index (χ4v) is 1.42. The van der Waals surface area contributed by atoms with Gasteiger partial charge in [0.25, 0.3) is 0 Å². The molecular weight excluding hydrogens is 198 g/mol. The Kier molecular flexibility index (Phi) is 4.32. The Balaban J connectivity index is 2.69. The number of thioether (sulfide) groups is 1. The minimum absolute atomic E-state index is 0.327. The molecule has 14 heavy (non-hydrogen) atoms. The normalized spacial score (nSPS) is 9.79. The number of nitrogens with one attached hydrogen (secondary N) is 1. The van der Waals surface area contributed by atoms with Gasteiger partial charge in [0.15, 0.2) is 0 Å². The summed E-state index contributed by atoms with van der Waals surface area (Å²) >= 11 is 1.73. The molecule has 0 atom stereocenters. The number of rotatable bonds is 5. The minimum Gasteiger partial charge on any atom is -0.478 e. The fourth-order valence-electron chi connectivity index (χ4n) is 1.11. The SMILES string of the molecule is CSCCNc1ccccc1C(=O)O. The number of aromatic carboxylic acids is 1. The van der Waals surface area contributed by atoms with Gasteiger partial charge in [-0.15, -0.1) is 0 Å². The van der Waals surface area contributed by atoms with E-state index >= 15 is 0 Å². The number of hydrogen-bond acceptors (Lipinski definition) is 3. The molecule has 1 aromatic rings. The number of carbonyl (C=O) groups is 1. The predicted molar refractivity (Wildman–Crippen MR) is 60.3 cm³/mol. The summed E-state index contributed by atoms with van der Waals surface area (Å²) in [6.45, 7) is 0.783. The molecule has 0 spiro atoms. The summed E-state index contributed by atoms with van der Waals surface area (Å²) in [6, 6.07) is 6.94. The van der Waals surface area contributed by atoms with E-state index in [9.17, 15) is 4.79 Å². The zero-order valence-corrected chi connectivity index (χ0v) is 8.80. The highest BCUT2D eigenvalue weighted by molar-refractivity contribution is 7.98. The zero-order chi connectivity index (χ0) is 10.4. The van der Waals surface area contributed by atoms with Crippen LogP contribution in [0.4, 0.5) is 5.69 Å². The lowest BCUT2D eigenvalue weighted by Crippen LogP contribution is -2.08. The van der Waals surface area contributed by atoms with Gasteiger partial charge < -0.3 is 10.4 Å². The Labute approximate surface area is 87.5 Å². The van der Waals surface area contributed by atoms with Crippen molar-refractivity contribution in [1.82, 2.24) is 0 Å². The third-order valence-corrected chi connectivity index (χ3v) is 2.39. The van der Waals surface area contributed by atoms with E-state index in [2.05, 4.69) is 5.32 Å². The summed E-state index contributed by atoms with van der Waals surface area (Å²) in [4.78, 5) is 10.8. The van der Waals surface area contributed by atoms with Gasteiger partial charge in [0, 0.05) is 18.0 Å². The van der Waals surface area contributed by atoms with Gasteiger partial charge in [-0.3, -0.25) is 0 Å². The van der Waals surface area contributed by atoms with Crippen LogP contribution in [0.2, 0.25) is 0 Å². The summed E-state index contributed by atoms with van der Waals surface area (Å²) in [7, 11) is 0. The van der Waals surface area contributed by atoms with E-state index in [1.165, 1.54) is 0 Å². The Morgan fingerprint density at radius 3 is 2.86 bits per heavy atom. The van der Waals surface area contributed by atoms with Crippen LogP contribution < -0.4 is 5.32 Å². The summed E-state index contributed by atoms with van der Waals surface area (Å²) in [5.41, 5.74) is 1.02. The first-order valence-corrected chi connectivity index (χ1v) is 5.70. The second kappa shape index (κ2) is 5.54. The Hall–Kier alpha value is -1.16. The summed E-state index contributed by atoms with van der Waals surface area (Å²) in [5.74, 6) is 0.0748. The smallest absolute Gasteiger partial charge is 0.337 e. The average Bonchev–Trinajstić information content (AvgIpc) is 2.19. The van der Waals surface area contributed by atoms with Crippen molar-refractivity contribution in [2.24, 2.45) is 0 Å². The van der Waals surface area contributed by atoms with Gasteiger partial charge in [-0.25, -0.2) is 4.79 Å². The van der Waals surface area contributed by atoms with E-state index in [4.69, 9.17) is 5.11 Å². The molecule has 0 saturated heterocycles. The lowest BCUT2D eigenvalue weighted by Gasteiger charge is -2.07. The van der Waals surface area contributed by atoms with Gasteiger partial charge >= 0.3 is 5.97 Å². The molecule has 0 bridgehead atoms. The molecule has 0 amide bonds. The van der Waals surface area contributed by atoms with Crippen LogP contribution in [0.25, 0.3) is 0 Å². The van der Waals surface area contributed by atoms with Gasteiger partial charge in [-0.05, 0) is 18.4 Å². The van der Waals surface area contributed by atoms with E-state index in [0.717, 1.165) is 12.3 Å². The second-order valence-electron chi connectivity index (χ2n) is 2.77. The highest BCUT2D eigenvalue weighted by Gasteiger charge is 2.07. The van der Waals surface area contributed by atoms with E-state index < -0.39 is 5.97 Å². The molecule has 0 aromatic heterocycles. The van der Waals surface area contributed by atoms with Crippen molar-refractivity contribution in [3.63, 3.8) is 0 Å². The number of benzene rings is 1. The molecule has 0 aliphatic rings. The van der Waals surface area contributed by atoms with E-state index in [1.54, 1.807) is 30.0 Å². The third-order valence-electron chi connectivity index (χ3n) is 1.78. The van der Waals surface area contributed by atoms with Gasteiger partial charge in [0.05, 0.1) is 5.56 Å². The highest BCUT2D eigenvalue weighted by atomic mass is 32.2. The highest BCUT2D eigenvalue weighted by Crippen LogP contribution is 2.14. The van der Waals surface area contributed by atoms with Gasteiger partial charge in [0.2, 0.25) is 0 Å². The molecule has 1 rings (SSSR count). The molecule has 2 N–H and O–H groups in total. The first kappa shape index (κ1) is 10.9. The molecule has 0 unspecified atom stereocenters. The van der Waals surface area contributed by atoms with Crippen LogP contribution >= 0.6 is 11.8 Å². The maximum Gasteiger partial charge on any atom is 0.337 e. The van der Waals surface area contributed by atoms with Crippen LogP contribution in [0.3, 0.4) is 0 Å². The first-order chi connectivity index (χ1) is 6.75. The van der Waals surface area contributed by atoms with Crippen LogP contribution in [0.1, 0.15) is 10.4 Å². The molecule has 0 saturated carbocycles. The Bertz CT molecular complexity index is 315. The summed E-state index contributed by atoms with van der Waals surface area (Å²) < 4.78 is 0. The van der Waals surface area contributed by atoms with Crippen molar-refractivity contribution in [1.29, 1.82) is 0 Å². The molecule has 0 aliphatic heterocycles. The lowest BCUT2D eigenvalue weighted by atomic mass is 10.2. The molecule has 0 fully saturated rings. The zero-order valence-electron chi connectivity index (χ0n) is 7.99. The van der Waals surface area contributed by atoms with Crippen LogP contribution in [-0.2, 0) is 0 Å². The quantitative estimate of drug-likeness (QED) is 0.733. The van der Waals surface area contributed by atoms with E-state index in [0.29, 0.717) is 11.3 Å². The standard InChI is InChI=1S/C10H13NO2S/c1-14-7-6-11-9-5-3-2-4-8(9)10(12)13/h2-5,11H,6-7H2,1H3,(H,12,13). The molecule has 76 valence electrons. The fraction of sp³-hybridized carbons (Fsp3) is 0.300. The van der Waals surface area contributed by atoms with Gasteiger partial charge in [0.1, 0.15) is 0 Å². The average molecular weight is 211 g/mol. The van der Waals surface area contributed by atoms with Crippen LogP contribution in [0.15, 0.2) is 24.3 Å². The maximum atomic E-state index is 10.8. The first-order valence-electron chi connectivity index (χ1n) is 4.31. The third kappa shape index (κ3) is 2.96. The number of hydrogen-bond donors (Lipinski definition) is 2. The number of para-hydroxylation sites is 1. The van der Waals surface area contributed by atoms with E-state index in [1.807, 2.05) is 12.3 Å². The van der Waals surface area contributed by atoms with Crippen molar-refractivity contribution in [2.75, 3.05) is 23.9 Å². The summed E-state index contributed by atoms with van der Waals surface area (Å²) in [6.07, 6.45) is 2.02. The molecule has 0 radical (unpaired) electrons. The summed E-state index contributed by atoms with van der Waals surface area (Å²) in [5, 5.41) is 12.0. The molecule has 4 heteroatoms. The number of carboxylic acids is 1. The van der Waals surface area contributed by atoms with Gasteiger partial charge in [-0.2, -0.15) is 11.8 Å². The van der Waals surface area contributed by atoms with Crippen LogP contribution in [0.5, 0.6) is 0 Å². The molecule has 0 heterocycles. The van der Waals surface area contributed by atoms with Crippen molar-refractivity contribution >= 4 is 23.4 Å². The maximum absolute atomic E-state index is 10.8. The molecule has 1 aromatic carbocycles. The van der Waals surface area contributed by atoms with Crippen molar-refractivity contribution in [3.05, 3.63) is 29.8 Å². The number of carboxylic acid groups (broad SMARTS) is 1.